The number of hydrogen-bond donors (Lipinski definition) is 2. The van der Waals surface area contributed by atoms with Crippen LogP contribution in [0.15, 0.2) is 24.3 Å². The van der Waals surface area contributed by atoms with Gasteiger partial charge in [-0.3, -0.25) is 14.5 Å². The molecule has 20 heavy (non-hydrogen) atoms. The van der Waals surface area contributed by atoms with Crippen LogP contribution < -0.4 is 5.73 Å². The van der Waals surface area contributed by atoms with Crippen molar-refractivity contribution in [3.8, 4) is 0 Å². The molecule has 0 amide bonds. The topological polar surface area (TPSA) is 83.6 Å². The molecule has 0 fully saturated rings. The van der Waals surface area contributed by atoms with Crippen LogP contribution in [0.2, 0.25) is 0 Å². The van der Waals surface area contributed by atoms with Crippen LogP contribution in [0.25, 0.3) is 0 Å². The van der Waals surface area contributed by atoms with Crippen LogP contribution in [-0.4, -0.2) is 40.9 Å². The van der Waals surface area contributed by atoms with Gasteiger partial charge < -0.3 is 10.8 Å². The molecule has 0 aliphatic rings. The van der Waals surface area contributed by atoms with Crippen LogP contribution in [-0.2, 0) is 16.0 Å². The normalized spacial score (nSPS) is 12.3. The maximum atomic E-state index is 11.3. The SMILES string of the molecule is CCC(Cc1ccc(N)cc1)N(CC(C)=O)CC(=O)O. The molecule has 0 heterocycles. The second-order valence-electron chi connectivity index (χ2n) is 5.01. The molecule has 1 atom stereocenters. The molecule has 0 aliphatic carbocycles. The number of carboxylic acids is 1. The molecule has 110 valence electrons. The number of carbonyl (C=O) groups is 2. The molecule has 0 saturated heterocycles. The Balaban J connectivity index is 2.80. The van der Waals surface area contributed by atoms with E-state index in [0.717, 1.165) is 12.0 Å². The summed E-state index contributed by atoms with van der Waals surface area (Å²) in [6, 6.07) is 7.55. The summed E-state index contributed by atoms with van der Waals surface area (Å²) in [5.74, 6) is -0.941. The van der Waals surface area contributed by atoms with Gasteiger partial charge in [-0.05, 0) is 37.5 Å². The highest BCUT2D eigenvalue weighted by atomic mass is 16.4. The molecule has 0 aromatic heterocycles. The number of aliphatic carboxylic acids is 1. The van der Waals surface area contributed by atoms with Crippen LogP contribution in [0.3, 0.4) is 0 Å². The van der Waals surface area contributed by atoms with Crippen LogP contribution in [0.1, 0.15) is 25.8 Å². The summed E-state index contributed by atoms with van der Waals surface area (Å²) < 4.78 is 0. The quantitative estimate of drug-likeness (QED) is 0.705. The van der Waals surface area contributed by atoms with Crippen LogP contribution in [0, 0.1) is 0 Å². The smallest absolute Gasteiger partial charge is 0.317 e. The number of nitrogens with two attached hydrogens (primary N) is 1. The monoisotopic (exact) mass is 278 g/mol. The van der Waals surface area contributed by atoms with Gasteiger partial charge in [0.05, 0.1) is 13.1 Å². The number of nitrogens with zero attached hydrogens (tertiary/aromatic N) is 1. The van der Waals surface area contributed by atoms with E-state index in [4.69, 9.17) is 10.8 Å². The van der Waals surface area contributed by atoms with Crippen molar-refractivity contribution in [1.82, 2.24) is 4.90 Å². The first-order chi connectivity index (χ1) is 9.42. The van der Waals surface area contributed by atoms with Gasteiger partial charge >= 0.3 is 5.97 Å². The van der Waals surface area contributed by atoms with E-state index in [1.165, 1.54) is 6.92 Å². The highest BCUT2D eigenvalue weighted by Crippen LogP contribution is 2.14. The molecule has 0 bridgehead atoms. The predicted octanol–water partition coefficient (Wildman–Crippen LogP) is 1.57. The van der Waals surface area contributed by atoms with Gasteiger partial charge in [-0.1, -0.05) is 19.1 Å². The molecule has 0 saturated carbocycles. The molecule has 1 aromatic carbocycles. The maximum absolute atomic E-state index is 11.3. The zero-order chi connectivity index (χ0) is 15.1. The third-order valence-corrected chi connectivity index (χ3v) is 3.20. The minimum absolute atomic E-state index is 0.0259. The van der Waals surface area contributed by atoms with E-state index >= 15 is 0 Å². The third-order valence-electron chi connectivity index (χ3n) is 3.20. The second kappa shape index (κ2) is 7.65. The Bertz CT molecular complexity index is 441. The van der Waals surface area contributed by atoms with Crippen molar-refractivity contribution in [3.05, 3.63) is 29.8 Å². The lowest BCUT2D eigenvalue weighted by Crippen LogP contribution is -2.42. The Morgan fingerprint density at radius 1 is 1.25 bits per heavy atom. The lowest BCUT2D eigenvalue weighted by molar-refractivity contribution is -0.139. The fraction of sp³-hybridized carbons (Fsp3) is 0.467. The summed E-state index contributed by atoms with van der Waals surface area (Å²) in [6.07, 6.45) is 1.49. The number of rotatable bonds is 8. The van der Waals surface area contributed by atoms with Gasteiger partial charge in [0.2, 0.25) is 0 Å². The zero-order valence-electron chi connectivity index (χ0n) is 12.0. The van der Waals surface area contributed by atoms with E-state index < -0.39 is 5.97 Å². The first kappa shape index (κ1) is 16.2. The van der Waals surface area contributed by atoms with E-state index in [9.17, 15) is 9.59 Å². The van der Waals surface area contributed by atoms with Gasteiger partial charge in [0, 0.05) is 11.7 Å². The highest BCUT2D eigenvalue weighted by Gasteiger charge is 2.21. The molecular weight excluding hydrogens is 256 g/mol. The summed E-state index contributed by atoms with van der Waals surface area (Å²) in [5, 5.41) is 8.97. The maximum Gasteiger partial charge on any atom is 0.317 e. The number of anilines is 1. The summed E-state index contributed by atoms with van der Waals surface area (Å²) in [7, 11) is 0. The van der Waals surface area contributed by atoms with Crippen LogP contribution >= 0.6 is 0 Å². The van der Waals surface area contributed by atoms with Crippen LogP contribution in [0.4, 0.5) is 5.69 Å². The predicted molar refractivity (Wildman–Crippen MR) is 78.5 cm³/mol. The number of carboxylic acid groups (broad SMARTS) is 1. The van der Waals surface area contributed by atoms with Gasteiger partial charge in [0.15, 0.2) is 0 Å². The van der Waals surface area contributed by atoms with Crippen molar-refractivity contribution < 1.29 is 14.7 Å². The third kappa shape index (κ3) is 5.40. The summed E-state index contributed by atoms with van der Waals surface area (Å²) in [6.45, 7) is 3.52. The largest absolute Gasteiger partial charge is 0.480 e. The number of nitrogen functional groups attached to an aromatic ring is 1. The summed E-state index contributed by atoms with van der Waals surface area (Å²) >= 11 is 0. The second-order valence-corrected chi connectivity index (χ2v) is 5.01. The number of hydrogen-bond acceptors (Lipinski definition) is 4. The van der Waals surface area contributed by atoms with Gasteiger partial charge in [-0.15, -0.1) is 0 Å². The van der Waals surface area contributed by atoms with E-state index in [2.05, 4.69) is 0 Å². The Labute approximate surface area is 119 Å². The molecule has 0 radical (unpaired) electrons. The van der Waals surface area contributed by atoms with Gasteiger partial charge in [-0.25, -0.2) is 0 Å². The molecule has 5 heteroatoms. The molecule has 5 nitrogen and oxygen atoms in total. The molecule has 1 unspecified atom stereocenters. The highest BCUT2D eigenvalue weighted by molar-refractivity contribution is 5.78. The first-order valence-electron chi connectivity index (χ1n) is 6.72. The molecule has 1 rings (SSSR count). The summed E-state index contributed by atoms with van der Waals surface area (Å²) in [5.41, 5.74) is 7.44. The lowest BCUT2D eigenvalue weighted by atomic mass is 10.0. The average Bonchev–Trinajstić information content (AvgIpc) is 2.36. The number of Topliss-reactive ketones (excluding diaryl/α,β-unsaturated/α-hetero) is 1. The van der Waals surface area contributed by atoms with Crippen molar-refractivity contribution >= 4 is 17.4 Å². The number of carbonyl (C=O) groups excluding carboxylic acids is 1. The van der Waals surface area contributed by atoms with E-state index in [1.54, 1.807) is 4.90 Å². The van der Waals surface area contributed by atoms with Crippen LogP contribution in [0.5, 0.6) is 0 Å². The average molecular weight is 278 g/mol. The van der Waals surface area contributed by atoms with Crippen molar-refractivity contribution in [1.29, 1.82) is 0 Å². The molecule has 0 aliphatic heterocycles. The first-order valence-corrected chi connectivity index (χ1v) is 6.72. The summed E-state index contributed by atoms with van der Waals surface area (Å²) in [4.78, 5) is 24.0. The fourth-order valence-electron chi connectivity index (χ4n) is 2.23. The van der Waals surface area contributed by atoms with Crippen molar-refractivity contribution in [3.63, 3.8) is 0 Å². The minimum Gasteiger partial charge on any atom is -0.480 e. The van der Waals surface area contributed by atoms with Gasteiger partial charge in [-0.2, -0.15) is 0 Å². The molecular formula is C15H22N2O3. The van der Waals surface area contributed by atoms with Gasteiger partial charge in [0.1, 0.15) is 5.78 Å². The van der Waals surface area contributed by atoms with Crippen molar-refractivity contribution in [2.24, 2.45) is 0 Å². The Morgan fingerprint density at radius 3 is 2.30 bits per heavy atom. The lowest BCUT2D eigenvalue weighted by Gasteiger charge is -2.29. The Morgan fingerprint density at radius 2 is 1.85 bits per heavy atom. The van der Waals surface area contributed by atoms with Gasteiger partial charge in [0.25, 0.3) is 0 Å². The van der Waals surface area contributed by atoms with E-state index in [0.29, 0.717) is 12.1 Å². The Kier molecular flexibility index (Phi) is 6.18. The molecule has 0 spiro atoms. The van der Waals surface area contributed by atoms with Crippen molar-refractivity contribution in [2.45, 2.75) is 32.7 Å². The number of benzene rings is 1. The zero-order valence-corrected chi connectivity index (χ0v) is 12.0. The Hall–Kier alpha value is -1.88. The van der Waals surface area contributed by atoms with E-state index in [-0.39, 0.29) is 24.9 Å². The molecule has 1 aromatic rings. The standard InChI is InChI=1S/C15H22N2O3/c1-3-14(8-12-4-6-13(16)7-5-12)17(9-11(2)18)10-15(19)20/h4-7,14H,3,8-10,16H2,1-2H3,(H,19,20). The van der Waals surface area contributed by atoms with E-state index in [1.807, 2.05) is 31.2 Å². The minimum atomic E-state index is -0.915. The molecule has 3 N–H and O–H groups in total. The fourth-order valence-corrected chi connectivity index (χ4v) is 2.23. The number of ketones is 1. The van der Waals surface area contributed by atoms with Crippen molar-refractivity contribution in [2.75, 3.05) is 18.8 Å².